The van der Waals surface area contributed by atoms with Gasteiger partial charge in [-0.05, 0) is 48.5 Å². The maximum absolute atomic E-state index is 12.7. The van der Waals surface area contributed by atoms with E-state index in [9.17, 15) is 13.2 Å². The van der Waals surface area contributed by atoms with Gasteiger partial charge in [0.2, 0.25) is 5.91 Å². The quantitative estimate of drug-likeness (QED) is 0.414. The van der Waals surface area contributed by atoms with Crippen molar-refractivity contribution in [2.24, 2.45) is 0 Å². The zero-order chi connectivity index (χ0) is 21.8. The van der Waals surface area contributed by atoms with E-state index in [0.717, 1.165) is 5.52 Å². The topological polar surface area (TPSA) is 101 Å². The van der Waals surface area contributed by atoms with Gasteiger partial charge in [0, 0.05) is 23.6 Å². The lowest BCUT2D eigenvalue weighted by molar-refractivity contribution is -0.116. The number of carbonyl (C=O) groups is 1. The van der Waals surface area contributed by atoms with Gasteiger partial charge in [-0.15, -0.1) is 0 Å². The molecule has 0 aliphatic rings. The molecule has 2 N–H and O–H groups in total. The summed E-state index contributed by atoms with van der Waals surface area (Å²) in [5.74, 6) is 0.193. The first kappa shape index (κ1) is 20.9. The number of halogens is 1. The number of sulfonamides is 1. The summed E-state index contributed by atoms with van der Waals surface area (Å²) in [6.07, 6.45) is 0.472. The average Bonchev–Trinajstić information content (AvgIpc) is 3.15. The molecule has 1 heterocycles. The van der Waals surface area contributed by atoms with Crippen LogP contribution in [-0.4, -0.2) is 19.3 Å². The van der Waals surface area contributed by atoms with Gasteiger partial charge in [-0.1, -0.05) is 35.9 Å². The highest BCUT2D eigenvalue weighted by Gasteiger charge is 2.16. The highest BCUT2D eigenvalue weighted by molar-refractivity contribution is 7.92. The summed E-state index contributed by atoms with van der Waals surface area (Å²) >= 11 is 5.91. The molecule has 7 nitrogen and oxygen atoms in total. The summed E-state index contributed by atoms with van der Waals surface area (Å²) in [4.78, 5) is 16.7. The molecule has 4 aromatic rings. The molecule has 0 fully saturated rings. The Kier molecular flexibility index (Phi) is 5.92. The lowest BCUT2D eigenvalue weighted by atomic mass is 10.2. The molecule has 0 spiro atoms. The molecule has 4 rings (SSSR count). The number of aromatic nitrogens is 1. The molecule has 1 aromatic heterocycles. The van der Waals surface area contributed by atoms with Crippen LogP contribution in [-0.2, 0) is 21.2 Å². The highest BCUT2D eigenvalue weighted by atomic mass is 35.5. The third-order valence-electron chi connectivity index (χ3n) is 4.41. The molecule has 0 radical (unpaired) electrons. The van der Waals surface area contributed by atoms with Crippen LogP contribution in [0.3, 0.4) is 0 Å². The Bertz CT molecular complexity index is 1320. The van der Waals surface area contributed by atoms with Crippen molar-refractivity contribution in [3.63, 3.8) is 0 Å². The van der Waals surface area contributed by atoms with Gasteiger partial charge in [-0.25, -0.2) is 13.4 Å². The van der Waals surface area contributed by atoms with E-state index < -0.39 is 10.0 Å². The van der Waals surface area contributed by atoms with Crippen LogP contribution in [0.5, 0.6) is 0 Å². The number of fused-ring (bicyclic) bond motifs is 1. The fourth-order valence-corrected chi connectivity index (χ4v) is 4.26. The maximum Gasteiger partial charge on any atom is 0.261 e. The first-order valence-electron chi connectivity index (χ1n) is 9.42. The van der Waals surface area contributed by atoms with Crippen molar-refractivity contribution in [2.45, 2.75) is 17.7 Å². The predicted octanol–water partition coefficient (Wildman–Crippen LogP) is 4.85. The maximum atomic E-state index is 12.7. The van der Waals surface area contributed by atoms with Crippen molar-refractivity contribution in [2.75, 3.05) is 10.0 Å². The van der Waals surface area contributed by atoms with Crippen LogP contribution in [0.4, 0.5) is 11.4 Å². The van der Waals surface area contributed by atoms with Crippen molar-refractivity contribution in [3.8, 4) is 0 Å². The van der Waals surface area contributed by atoms with Gasteiger partial charge in [-0.3, -0.25) is 9.52 Å². The first-order valence-corrected chi connectivity index (χ1v) is 11.3. The van der Waals surface area contributed by atoms with Crippen LogP contribution >= 0.6 is 11.6 Å². The number of anilines is 2. The Hall–Kier alpha value is -3.36. The molecular formula is C22H18ClN3O4S. The molecule has 0 aliphatic carbocycles. The summed E-state index contributed by atoms with van der Waals surface area (Å²) < 4.78 is 33.4. The number of carbonyl (C=O) groups excluding carboxylic acids is 1. The van der Waals surface area contributed by atoms with Gasteiger partial charge in [0.1, 0.15) is 5.52 Å². The summed E-state index contributed by atoms with van der Waals surface area (Å²) in [5, 5.41) is 3.13. The Labute approximate surface area is 184 Å². The van der Waals surface area contributed by atoms with Crippen molar-refractivity contribution < 1.29 is 17.6 Å². The fourth-order valence-electron chi connectivity index (χ4n) is 2.98. The third-order valence-corrected chi connectivity index (χ3v) is 6.02. The third kappa shape index (κ3) is 5.22. The second-order valence-electron chi connectivity index (χ2n) is 6.77. The Balaban J connectivity index is 1.41. The van der Waals surface area contributed by atoms with Crippen LogP contribution in [0.15, 0.2) is 82.1 Å². The molecule has 0 aliphatic heterocycles. The minimum atomic E-state index is -3.84. The van der Waals surface area contributed by atoms with E-state index in [0.29, 0.717) is 34.3 Å². The molecule has 9 heteroatoms. The predicted molar refractivity (Wildman–Crippen MR) is 120 cm³/mol. The Morgan fingerprint density at radius 3 is 2.55 bits per heavy atom. The molecule has 0 saturated carbocycles. The fraction of sp³-hybridized carbons (Fsp3) is 0.0909. The van der Waals surface area contributed by atoms with Gasteiger partial charge in [0.05, 0.1) is 10.6 Å². The van der Waals surface area contributed by atoms with Crippen molar-refractivity contribution in [3.05, 3.63) is 83.7 Å². The second-order valence-corrected chi connectivity index (χ2v) is 8.89. The lowest BCUT2D eigenvalue weighted by Gasteiger charge is -2.10. The van der Waals surface area contributed by atoms with Crippen LogP contribution in [0.25, 0.3) is 11.1 Å². The Morgan fingerprint density at radius 2 is 1.74 bits per heavy atom. The van der Waals surface area contributed by atoms with Crippen molar-refractivity contribution in [1.29, 1.82) is 0 Å². The average molecular weight is 456 g/mol. The number of oxazole rings is 1. The second kappa shape index (κ2) is 8.79. The summed E-state index contributed by atoms with van der Waals surface area (Å²) in [6.45, 7) is 0. The molecule has 158 valence electrons. The Morgan fingerprint density at radius 1 is 0.968 bits per heavy atom. The SMILES string of the molecule is O=C(CCc1nc2ccccc2o1)Nc1cccc(S(=O)(=O)Nc2cccc(Cl)c2)c1. The summed E-state index contributed by atoms with van der Waals surface area (Å²) in [7, 11) is -3.84. The molecule has 0 bridgehead atoms. The minimum Gasteiger partial charge on any atom is -0.441 e. The van der Waals surface area contributed by atoms with E-state index in [1.54, 1.807) is 30.3 Å². The number of hydrogen-bond donors (Lipinski definition) is 2. The summed E-state index contributed by atoms with van der Waals surface area (Å²) in [5.41, 5.74) is 2.13. The van der Waals surface area contributed by atoms with Gasteiger partial charge >= 0.3 is 0 Å². The highest BCUT2D eigenvalue weighted by Crippen LogP contribution is 2.22. The van der Waals surface area contributed by atoms with E-state index in [2.05, 4.69) is 15.0 Å². The number of para-hydroxylation sites is 2. The lowest BCUT2D eigenvalue weighted by Crippen LogP contribution is -2.15. The van der Waals surface area contributed by atoms with Gasteiger partial charge < -0.3 is 9.73 Å². The van der Waals surface area contributed by atoms with Crippen LogP contribution < -0.4 is 10.0 Å². The summed E-state index contributed by atoms with van der Waals surface area (Å²) in [6, 6.07) is 19.8. The van der Waals surface area contributed by atoms with E-state index >= 15 is 0 Å². The number of rotatable bonds is 7. The largest absolute Gasteiger partial charge is 0.441 e. The van der Waals surface area contributed by atoms with E-state index in [1.807, 2.05) is 24.3 Å². The van der Waals surface area contributed by atoms with E-state index in [4.69, 9.17) is 16.0 Å². The van der Waals surface area contributed by atoms with Gasteiger partial charge in [-0.2, -0.15) is 0 Å². The van der Waals surface area contributed by atoms with Gasteiger partial charge in [0.15, 0.2) is 11.5 Å². The van der Waals surface area contributed by atoms with Crippen LogP contribution in [0.1, 0.15) is 12.3 Å². The number of hydrogen-bond acceptors (Lipinski definition) is 5. The minimum absolute atomic E-state index is 0.0178. The smallest absolute Gasteiger partial charge is 0.261 e. The first-order chi connectivity index (χ1) is 14.9. The molecule has 31 heavy (non-hydrogen) atoms. The zero-order valence-electron chi connectivity index (χ0n) is 16.2. The molecule has 0 unspecified atom stereocenters. The number of benzene rings is 3. The molecular weight excluding hydrogens is 438 g/mol. The number of nitrogens with one attached hydrogen (secondary N) is 2. The molecule has 0 saturated heterocycles. The van der Waals surface area contributed by atoms with Gasteiger partial charge in [0.25, 0.3) is 10.0 Å². The number of amides is 1. The van der Waals surface area contributed by atoms with Crippen molar-refractivity contribution >= 4 is 50.0 Å². The van der Waals surface area contributed by atoms with E-state index in [1.165, 1.54) is 18.2 Å². The van der Waals surface area contributed by atoms with Crippen LogP contribution in [0, 0.1) is 0 Å². The molecule has 3 aromatic carbocycles. The van der Waals surface area contributed by atoms with Crippen LogP contribution in [0.2, 0.25) is 5.02 Å². The monoisotopic (exact) mass is 455 g/mol. The number of aryl methyl sites for hydroxylation is 1. The van der Waals surface area contributed by atoms with E-state index in [-0.39, 0.29) is 17.2 Å². The zero-order valence-corrected chi connectivity index (χ0v) is 17.8. The molecule has 1 amide bonds. The molecule has 0 atom stereocenters. The van der Waals surface area contributed by atoms with Crippen molar-refractivity contribution in [1.82, 2.24) is 4.98 Å². The number of nitrogens with zero attached hydrogens (tertiary/aromatic N) is 1. The standard InChI is InChI=1S/C22H18ClN3O4S/c23-15-5-3-7-17(13-15)26-31(28,29)18-8-4-6-16(14-18)24-21(27)11-12-22-25-19-9-1-2-10-20(19)30-22/h1-10,13-14,26H,11-12H2,(H,24,27). The normalized spacial score (nSPS) is 11.4.